The molecule has 0 bridgehead atoms. The molecule has 0 saturated carbocycles. The van der Waals surface area contributed by atoms with Crippen LogP contribution in [0.15, 0.2) is 35.8 Å². The number of methoxy groups -OCH3 is 1. The van der Waals surface area contributed by atoms with Crippen molar-refractivity contribution in [3.05, 3.63) is 35.8 Å². The van der Waals surface area contributed by atoms with Crippen LogP contribution in [-0.4, -0.2) is 55.6 Å². The van der Waals surface area contributed by atoms with E-state index in [1.54, 1.807) is 43.0 Å². The van der Waals surface area contributed by atoms with Gasteiger partial charge in [-0.1, -0.05) is 0 Å². The molecule has 2 heterocycles. The predicted octanol–water partition coefficient (Wildman–Crippen LogP) is 2.20. The van der Waals surface area contributed by atoms with Crippen molar-refractivity contribution in [2.75, 3.05) is 37.0 Å². The summed E-state index contributed by atoms with van der Waals surface area (Å²) < 4.78 is 10.7. The number of benzene rings is 1. The Morgan fingerprint density at radius 3 is 2.68 bits per heavy atom. The zero-order chi connectivity index (χ0) is 22.1. The third kappa shape index (κ3) is 7.04. The van der Waals surface area contributed by atoms with Gasteiger partial charge in [-0.25, -0.2) is 4.98 Å². The van der Waals surface area contributed by atoms with E-state index in [2.05, 4.69) is 15.6 Å². The van der Waals surface area contributed by atoms with Gasteiger partial charge in [0.25, 0.3) is 0 Å². The van der Waals surface area contributed by atoms with Crippen molar-refractivity contribution in [3.8, 4) is 5.75 Å². The van der Waals surface area contributed by atoms with Gasteiger partial charge < -0.3 is 25.0 Å². The lowest BCUT2D eigenvalue weighted by Crippen LogP contribution is -2.43. The monoisotopic (exact) mass is 446 g/mol. The second-order valence-electron chi connectivity index (χ2n) is 7.00. The van der Waals surface area contributed by atoms with Gasteiger partial charge in [-0.05, 0) is 37.1 Å². The highest BCUT2D eigenvalue weighted by molar-refractivity contribution is 7.13. The van der Waals surface area contributed by atoms with Crippen LogP contribution in [-0.2, 0) is 19.1 Å². The minimum Gasteiger partial charge on any atom is -0.497 e. The normalized spacial score (nSPS) is 15.3. The molecule has 31 heavy (non-hydrogen) atoms. The molecule has 1 atom stereocenters. The average Bonchev–Trinajstić information content (AvgIpc) is 3.49. The lowest BCUT2D eigenvalue weighted by Gasteiger charge is -2.23. The third-order valence-corrected chi connectivity index (χ3v) is 5.47. The number of thiazole rings is 1. The second-order valence-corrected chi connectivity index (χ2v) is 7.90. The van der Waals surface area contributed by atoms with E-state index in [1.807, 2.05) is 0 Å². The van der Waals surface area contributed by atoms with Gasteiger partial charge >= 0.3 is 0 Å². The Hall–Kier alpha value is -2.98. The maximum absolute atomic E-state index is 12.9. The predicted molar refractivity (Wildman–Crippen MR) is 117 cm³/mol. The first-order chi connectivity index (χ1) is 15.0. The second kappa shape index (κ2) is 11.4. The molecule has 1 aliphatic heterocycles. The summed E-state index contributed by atoms with van der Waals surface area (Å²) in [5.74, 6) is -0.277. The van der Waals surface area contributed by atoms with Gasteiger partial charge in [0.1, 0.15) is 12.3 Å². The molecule has 2 aromatic rings. The molecule has 1 saturated heterocycles. The molecule has 10 heteroatoms. The Morgan fingerprint density at radius 1 is 1.23 bits per heavy atom. The molecule has 0 spiro atoms. The number of amides is 3. The first-order valence-corrected chi connectivity index (χ1v) is 10.9. The first kappa shape index (κ1) is 22.7. The zero-order valence-electron chi connectivity index (χ0n) is 17.3. The molecule has 2 N–H and O–H groups in total. The molecule has 9 nitrogen and oxygen atoms in total. The summed E-state index contributed by atoms with van der Waals surface area (Å²) in [4.78, 5) is 42.9. The van der Waals surface area contributed by atoms with Crippen molar-refractivity contribution in [2.24, 2.45) is 0 Å². The number of anilines is 2. The van der Waals surface area contributed by atoms with Gasteiger partial charge in [-0.2, -0.15) is 0 Å². The maximum Gasteiger partial charge on any atom is 0.240 e. The summed E-state index contributed by atoms with van der Waals surface area (Å²) >= 11 is 1.30. The molecule has 166 valence electrons. The molecule has 1 aromatic heterocycles. The molecular weight excluding hydrogens is 420 g/mol. The summed E-state index contributed by atoms with van der Waals surface area (Å²) in [6.07, 6.45) is 3.45. The Morgan fingerprint density at radius 2 is 2.03 bits per heavy atom. The number of nitrogens with zero attached hydrogens (tertiary/aromatic N) is 2. The number of hydrogen-bond acceptors (Lipinski definition) is 7. The lowest BCUT2D eigenvalue weighted by atomic mass is 10.2. The van der Waals surface area contributed by atoms with Crippen molar-refractivity contribution in [1.29, 1.82) is 0 Å². The van der Waals surface area contributed by atoms with Crippen molar-refractivity contribution >= 4 is 39.9 Å². The Bertz CT molecular complexity index is 866. The number of carbonyl (C=O) groups is 3. The van der Waals surface area contributed by atoms with E-state index in [-0.39, 0.29) is 43.2 Å². The molecule has 0 aliphatic carbocycles. The molecule has 3 rings (SSSR count). The summed E-state index contributed by atoms with van der Waals surface area (Å²) in [7, 11) is 1.55. The third-order valence-electron chi connectivity index (χ3n) is 4.78. The van der Waals surface area contributed by atoms with Gasteiger partial charge in [0.05, 0.1) is 13.2 Å². The molecule has 3 amide bonds. The molecule has 1 aliphatic rings. The fraction of sp³-hybridized carbons (Fsp3) is 0.429. The lowest BCUT2D eigenvalue weighted by molar-refractivity contribution is -0.125. The van der Waals surface area contributed by atoms with Gasteiger partial charge in [-0.15, -0.1) is 11.3 Å². The highest BCUT2D eigenvalue weighted by atomic mass is 32.1. The van der Waals surface area contributed by atoms with Crippen LogP contribution in [0.1, 0.15) is 25.7 Å². The van der Waals surface area contributed by atoms with E-state index in [4.69, 9.17) is 9.47 Å². The standard InChI is InChI=1S/C21H26N4O5S/c1-29-16-6-4-15(5-7-16)25(14-19(27)23-13-17-3-2-11-30-17)20(28)9-8-18(26)24-21-22-10-12-31-21/h4-7,10,12,17H,2-3,8-9,11,13-14H2,1H3,(H,23,27)(H,22,24,26)/t17-/m0/s1. The van der Waals surface area contributed by atoms with Crippen molar-refractivity contribution in [1.82, 2.24) is 10.3 Å². The van der Waals surface area contributed by atoms with Crippen LogP contribution in [0.25, 0.3) is 0 Å². The number of nitrogens with one attached hydrogen (secondary N) is 2. The summed E-state index contributed by atoms with van der Waals surface area (Å²) in [5, 5.41) is 7.72. The summed E-state index contributed by atoms with van der Waals surface area (Å²) in [6, 6.07) is 6.85. The van der Waals surface area contributed by atoms with E-state index >= 15 is 0 Å². The average molecular weight is 447 g/mol. The largest absolute Gasteiger partial charge is 0.497 e. The van der Waals surface area contributed by atoms with E-state index in [1.165, 1.54) is 16.2 Å². The van der Waals surface area contributed by atoms with Gasteiger partial charge in [-0.3, -0.25) is 14.4 Å². The zero-order valence-corrected chi connectivity index (χ0v) is 18.2. The highest BCUT2D eigenvalue weighted by Crippen LogP contribution is 2.20. The minimum absolute atomic E-state index is 0.0113. The van der Waals surface area contributed by atoms with Crippen LogP contribution < -0.4 is 20.3 Å². The molecule has 0 radical (unpaired) electrons. The van der Waals surface area contributed by atoms with Gasteiger partial charge in [0.2, 0.25) is 17.7 Å². The molecule has 1 aromatic carbocycles. The van der Waals surface area contributed by atoms with Crippen molar-refractivity contribution < 1.29 is 23.9 Å². The SMILES string of the molecule is COc1ccc(N(CC(=O)NC[C@@H]2CCCO2)C(=O)CCC(=O)Nc2nccs2)cc1. The molecule has 1 fully saturated rings. The summed E-state index contributed by atoms with van der Waals surface area (Å²) in [6.45, 7) is 0.978. The topological polar surface area (TPSA) is 110 Å². The van der Waals surface area contributed by atoms with Gasteiger partial charge in [0.15, 0.2) is 5.13 Å². The quantitative estimate of drug-likeness (QED) is 0.579. The number of carbonyl (C=O) groups excluding carboxylic acids is 3. The van der Waals surface area contributed by atoms with Crippen LogP contribution in [0.5, 0.6) is 5.75 Å². The smallest absolute Gasteiger partial charge is 0.240 e. The number of hydrogen-bond donors (Lipinski definition) is 2. The highest BCUT2D eigenvalue weighted by Gasteiger charge is 2.22. The summed E-state index contributed by atoms with van der Waals surface area (Å²) in [5.41, 5.74) is 0.554. The van der Waals surface area contributed by atoms with E-state index in [0.29, 0.717) is 29.7 Å². The fourth-order valence-electron chi connectivity index (χ4n) is 3.14. The Kier molecular flexibility index (Phi) is 8.36. The van der Waals surface area contributed by atoms with Crippen LogP contribution >= 0.6 is 11.3 Å². The minimum atomic E-state index is -0.327. The maximum atomic E-state index is 12.9. The Balaban J connectivity index is 1.59. The van der Waals surface area contributed by atoms with Crippen LogP contribution in [0, 0.1) is 0 Å². The van der Waals surface area contributed by atoms with E-state index < -0.39 is 0 Å². The van der Waals surface area contributed by atoms with Crippen LogP contribution in [0.2, 0.25) is 0 Å². The fourth-order valence-corrected chi connectivity index (χ4v) is 3.69. The van der Waals surface area contributed by atoms with E-state index in [0.717, 1.165) is 12.8 Å². The molecular formula is C21H26N4O5S. The van der Waals surface area contributed by atoms with Crippen LogP contribution in [0.4, 0.5) is 10.8 Å². The van der Waals surface area contributed by atoms with E-state index in [9.17, 15) is 14.4 Å². The Labute approximate surface area is 184 Å². The molecule has 0 unspecified atom stereocenters. The van der Waals surface area contributed by atoms with Crippen molar-refractivity contribution in [2.45, 2.75) is 31.8 Å². The number of aromatic nitrogens is 1. The first-order valence-electron chi connectivity index (χ1n) is 10.1. The number of ether oxygens (including phenoxy) is 2. The van der Waals surface area contributed by atoms with Crippen molar-refractivity contribution in [3.63, 3.8) is 0 Å². The number of rotatable bonds is 10. The van der Waals surface area contributed by atoms with Crippen LogP contribution in [0.3, 0.4) is 0 Å². The van der Waals surface area contributed by atoms with Gasteiger partial charge in [0, 0.05) is 43.3 Å².